The molecule has 0 bridgehead atoms. The summed E-state index contributed by atoms with van der Waals surface area (Å²) >= 11 is 1.57. The summed E-state index contributed by atoms with van der Waals surface area (Å²) in [6.45, 7) is 0.508. The number of ether oxygens (including phenoxy) is 1. The average Bonchev–Trinajstić information content (AvgIpc) is 3.02. The highest BCUT2D eigenvalue weighted by Gasteiger charge is 2.30. The van der Waals surface area contributed by atoms with Crippen LogP contribution >= 0.6 is 11.8 Å². The van der Waals surface area contributed by atoms with Crippen molar-refractivity contribution in [1.82, 2.24) is 14.9 Å². The van der Waals surface area contributed by atoms with E-state index in [0.29, 0.717) is 23.7 Å². The van der Waals surface area contributed by atoms with Crippen molar-refractivity contribution in [3.8, 4) is 5.75 Å². The lowest BCUT2D eigenvalue weighted by Gasteiger charge is -2.25. The van der Waals surface area contributed by atoms with Gasteiger partial charge in [-0.15, -0.1) is 0 Å². The maximum absolute atomic E-state index is 12.6. The Morgan fingerprint density at radius 2 is 2.36 bits per heavy atom. The average molecular weight is 360 g/mol. The number of benzene rings is 1. The van der Waals surface area contributed by atoms with Gasteiger partial charge in [-0.05, 0) is 23.8 Å². The molecule has 0 unspecified atom stereocenters. The number of hydrogen-bond acceptors (Lipinski definition) is 5. The fraction of sp³-hybridized carbons (Fsp3) is 0.353. The lowest BCUT2D eigenvalue weighted by atomic mass is 9.89. The normalized spacial score (nSPS) is 16.1. The fourth-order valence-corrected chi connectivity index (χ4v) is 3.52. The fourth-order valence-electron chi connectivity index (χ4n) is 2.73. The number of hydrogen-bond donors (Lipinski definition) is 2. The van der Waals surface area contributed by atoms with E-state index in [1.54, 1.807) is 37.2 Å². The van der Waals surface area contributed by atoms with Crippen LogP contribution in [0.3, 0.4) is 0 Å². The van der Waals surface area contributed by atoms with Crippen LogP contribution in [0.25, 0.3) is 0 Å². The number of thioether (sulfide) groups is 1. The minimum atomic E-state index is -0.503. The topological polar surface area (TPSA) is 85.2 Å². The van der Waals surface area contributed by atoms with Crippen LogP contribution in [0, 0.1) is 0 Å². The molecule has 2 N–H and O–H groups in total. The Labute approximate surface area is 150 Å². The van der Waals surface area contributed by atoms with Gasteiger partial charge in [0.05, 0.1) is 13.0 Å². The van der Waals surface area contributed by atoms with Crippen molar-refractivity contribution in [1.29, 1.82) is 0 Å². The van der Waals surface area contributed by atoms with Crippen molar-refractivity contribution >= 4 is 29.3 Å². The molecule has 2 heterocycles. The first-order chi connectivity index (χ1) is 12.1. The summed E-state index contributed by atoms with van der Waals surface area (Å²) < 4.78 is 7.16. The first-order valence-electron chi connectivity index (χ1n) is 7.94. The summed E-state index contributed by atoms with van der Waals surface area (Å²) in [5, 5.41) is 6.62. The van der Waals surface area contributed by atoms with Gasteiger partial charge in [0.15, 0.2) is 5.16 Å². The van der Waals surface area contributed by atoms with Gasteiger partial charge in [-0.25, -0.2) is 4.98 Å². The molecule has 0 fully saturated rings. The van der Waals surface area contributed by atoms with Gasteiger partial charge in [-0.1, -0.05) is 11.8 Å². The van der Waals surface area contributed by atoms with Crippen LogP contribution in [0.4, 0.5) is 5.69 Å². The minimum absolute atomic E-state index is 0.137. The number of nitrogens with zero attached hydrogens (tertiary/aromatic N) is 2. The Balaban J connectivity index is 1.62. The molecular weight excluding hydrogens is 340 g/mol. The van der Waals surface area contributed by atoms with Gasteiger partial charge in [-0.2, -0.15) is 0 Å². The molecule has 1 aliphatic rings. The molecule has 3 rings (SSSR count). The van der Waals surface area contributed by atoms with Crippen LogP contribution in [0.2, 0.25) is 0 Å². The van der Waals surface area contributed by atoms with Gasteiger partial charge < -0.3 is 19.9 Å². The van der Waals surface area contributed by atoms with Crippen LogP contribution < -0.4 is 15.4 Å². The monoisotopic (exact) mass is 360 g/mol. The largest absolute Gasteiger partial charge is 0.497 e. The zero-order valence-electron chi connectivity index (χ0n) is 14.1. The van der Waals surface area contributed by atoms with E-state index in [2.05, 4.69) is 15.6 Å². The Morgan fingerprint density at radius 1 is 1.52 bits per heavy atom. The van der Waals surface area contributed by atoms with Crippen molar-refractivity contribution in [3.05, 3.63) is 36.2 Å². The number of carbonyl (C=O) groups excluding carboxylic acids is 2. The minimum Gasteiger partial charge on any atom is -0.497 e. The second kappa shape index (κ2) is 7.60. The third-order valence-corrected chi connectivity index (χ3v) is 5.08. The van der Waals surface area contributed by atoms with Crippen molar-refractivity contribution in [3.63, 3.8) is 0 Å². The van der Waals surface area contributed by atoms with E-state index in [0.717, 1.165) is 10.7 Å². The lowest BCUT2D eigenvalue weighted by molar-refractivity contribution is -0.126. The van der Waals surface area contributed by atoms with E-state index in [1.165, 1.54) is 0 Å². The predicted molar refractivity (Wildman–Crippen MR) is 95.9 cm³/mol. The maximum atomic E-state index is 12.6. The third-order valence-electron chi connectivity index (χ3n) is 4.02. The third kappa shape index (κ3) is 3.96. The molecule has 1 aromatic heterocycles. The second-order valence-electron chi connectivity index (χ2n) is 5.72. The summed E-state index contributed by atoms with van der Waals surface area (Å²) in [7, 11) is 3.51. The molecule has 0 radical (unpaired) electrons. The highest BCUT2D eigenvalue weighted by atomic mass is 32.2. The SMILES string of the molecule is COc1ccc2c(c1)[C@H](C(=O)NCCSc1nccn1C)CC(=O)N2. The van der Waals surface area contributed by atoms with Crippen LogP contribution in [-0.2, 0) is 16.6 Å². The standard InChI is InChI=1S/C17H20N4O3S/c1-21-7-5-19-17(21)25-8-6-18-16(23)13-10-15(22)20-14-4-3-11(24-2)9-12(13)14/h3-5,7,9,13H,6,8,10H2,1-2H3,(H,18,23)(H,20,22)/t13-/m1/s1. The van der Waals surface area contributed by atoms with E-state index < -0.39 is 5.92 Å². The Bertz CT molecular complexity index is 790. The van der Waals surface area contributed by atoms with Gasteiger partial charge in [-0.3, -0.25) is 9.59 Å². The molecule has 0 saturated carbocycles. The molecule has 0 spiro atoms. The first kappa shape index (κ1) is 17.3. The van der Waals surface area contributed by atoms with E-state index in [-0.39, 0.29) is 18.2 Å². The quantitative estimate of drug-likeness (QED) is 0.606. The highest BCUT2D eigenvalue weighted by Crippen LogP contribution is 2.35. The number of aryl methyl sites for hydroxylation is 1. The van der Waals surface area contributed by atoms with E-state index >= 15 is 0 Å². The number of carbonyl (C=O) groups is 2. The maximum Gasteiger partial charge on any atom is 0.228 e. The van der Waals surface area contributed by atoms with Gasteiger partial charge in [0.2, 0.25) is 11.8 Å². The summed E-state index contributed by atoms with van der Waals surface area (Å²) in [6, 6.07) is 5.34. The smallest absolute Gasteiger partial charge is 0.228 e. The number of imidazole rings is 1. The molecule has 25 heavy (non-hydrogen) atoms. The Hall–Kier alpha value is -2.48. The Morgan fingerprint density at radius 3 is 3.08 bits per heavy atom. The van der Waals surface area contributed by atoms with Crippen LogP contribution in [-0.4, -0.2) is 40.8 Å². The summed E-state index contributed by atoms with van der Waals surface area (Å²) in [4.78, 5) is 28.7. The summed E-state index contributed by atoms with van der Waals surface area (Å²) in [5.41, 5.74) is 1.45. The Kier molecular flexibility index (Phi) is 5.28. The number of methoxy groups -OCH3 is 1. The van der Waals surface area contributed by atoms with Crippen LogP contribution in [0.15, 0.2) is 35.7 Å². The number of aromatic nitrogens is 2. The number of fused-ring (bicyclic) bond motifs is 1. The molecular formula is C17H20N4O3S. The highest BCUT2D eigenvalue weighted by molar-refractivity contribution is 7.99. The molecule has 1 atom stereocenters. The van der Waals surface area contributed by atoms with Crippen molar-refractivity contribution in [2.45, 2.75) is 17.5 Å². The molecule has 2 amide bonds. The second-order valence-corrected chi connectivity index (χ2v) is 6.78. The van der Waals surface area contributed by atoms with Gasteiger partial charge in [0, 0.05) is 43.8 Å². The number of rotatable bonds is 6. The van der Waals surface area contributed by atoms with Gasteiger partial charge >= 0.3 is 0 Å². The molecule has 0 saturated heterocycles. The van der Waals surface area contributed by atoms with Crippen LogP contribution in [0.5, 0.6) is 5.75 Å². The number of nitrogens with one attached hydrogen (secondary N) is 2. The van der Waals surface area contributed by atoms with Crippen molar-refractivity contribution in [2.75, 3.05) is 24.7 Å². The van der Waals surface area contributed by atoms with Crippen molar-refractivity contribution in [2.24, 2.45) is 7.05 Å². The van der Waals surface area contributed by atoms with Crippen LogP contribution in [0.1, 0.15) is 17.9 Å². The first-order valence-corrected chi connectivity index (χ1v) is 8.92. The van der Waals surface area contributed by atoms with E-state index in [1.807, 2.05) is 23.9 Å². The molecule has 1 aliphatic heterocycles. The number of anilines is 1. The molecule has 0 aliphatic carbocycles. The summed E-state index contributed by atoms with van der Waals surface area (Å²) in [6.07, 6.45) is 3.76. The van der Waals surface area contributed by atoms with E-state index in [9.17, 15) is 9.59 Å². The molecule has 1 aromatic carbocycles. The zero-order chi connectivity index (χ0) is 17.8. The predicted octanol–water partition coefficient (Wildman–Crippen LogP) is 1.76. The van der Waals surface area contributed by atoms with Gasteiger partial charge in [0.25, 0.3) is 0 Å². The van der Waals surface area contributed by atoms with Gasteiger partial charge in [0.1, 0.15) is 5.75 Å². The van der Waals surface area contributed by atoms with E-state index in [4.69, 9.17) is 4.74 Å². The van der Waals surface area contributed by atoms with Crippen molar-refractivity contribution < 1.29 is 14.3 Å². The zero-order valence-corrected chi connectivity index (χ0v) is 14.9. The summed E-state index contributed by atoms with van der Waals surface area (Å²) in [5.74, 6) is 0.570. The number of amides is 2. The molecule has 2 aromatic rings. The molecule has 7 nitrogen and oxygen atoms in total. The molecule has 8 heteroatoms. The lowest BCUT2D eigenvalue weighted by Crippen LogP contribution is -2.36. The molecule has 132 valence electrons.